The molecule has 4 aromatic rings. The number of amides is 1. The van der Waals surface area contributed by atoms with Gasteiger partial charge in [0, 0.05) is 49.7 Å². The fourth-order valence-electron chi connectivity index (χ4n) is 7.46. The van der Waals surface area contributed by atoms with Crippen molar-refractivity contribution in [2.45, 2.75) is 66.2 Å². The Morgan fingerprint density at radius 3 is 1.46 bits per heavy atom. The Hall–Kier alpha value is -5.32. The van der Waals surface area contributed by atoms with Gasteiger partial charge in [0.25, 0.3) is 5.91 Å². The number of nitrogens with one attached hydrogen (secondary N) is 1. The molecule has 2 saturated heterocycles. The lowest BCUT2D eigenvalue weighted by molar-refractivity contribution is 0.00457. The standard InChI is InChI=1S/C25H28FNO2.C15H9FO2.C10H21NO/c1-19(2)17-25(13-15-29-16-14-25)18-27-24(28)22-11-8-20(9-12-22)7-10-21-5-3-4-6-23(21)26;16-14-4-2-1-3-12(14)8-5-11-6-9-13(10-7-11)15(17)18;1-9(2)7-10(8-11)3-5-12-6-4-10/h3-6,8-9,11-12,19H,13-18H2,1-2H3,(H,27,28);1-4,6-7,9-10H,(H,17,18);9H,3-8,11H2,1-2H3. The van der Waals surface area contributed by atoms with Gasteiger partial charge in [-0.3, -0.25) is 4.79 Å². The summed E-state index contributed by atoms with van der Waals surface area (Å²) in [6.45, 7) is 13.8. The topological polar surface area (TPSA) is 111 Å². The zero-order valence-corrected chi connectivity index (χ0v) is 34.8. The average molecular weight is 805 g/mol. The minimum absolute atomic E-state index is 0.0757. The Morgan fingerprint density at radius 1 is 0.644 bits per heavy atom. The molecule has 1 amide bonds. The summed E-state index contributed by atoms with van der Waals surface area (Å²) in [7, 11) is 0. The molecule has 2 fully saturated rings. The molecule has 4 N–H and O–H groups in total. The van der Waals surface area contributed by atoms with Gasteiger partial charge in [0.05, 0.1) is 16.7 Å². The zero-order chi connectivity index (χ0) is 42.7. The smallest absolute Gasteiger partial charge is 0.335 e. The van der Waals surface area contributed by atoms with Gasteiger partial charge in [-0.1, -0.05) is 75.6 Å². The molecule has 0 radical (unpaired) electrons. The van der Waals surface area contributed by atoms with E-state index in [0.717, 1.165) is 76.6 Å². The van der Waals surface area contributed by atoms with Crippen molar-refractivity contribution < 1.29 is 33.0 Å². The van der Waals surface area contributed by atoms with E-state index in [1.54, 1.807) is 72.8 Å². The first kappa shape index (κ1) is 46.4. The van der Waals surface area contributed by atoms with E-state index < -0.39 is 5.97 Å². The van der Waals surface area contributed by atoms with Crippen LogP contribution in [0.2, 0.25) is 0 Å². The highest BCUT2D eigenvalue weighted by Gasteiger charge is 2.34. The SMILES string of the molecule is CC(C)CC1(CN)CCOCC1.CC(C)CC1(CNC(=O)c2ccc(C#Cc3ccccc3F)cc2)CCOCC1.O=C(O)c1ccc(C#Cc2ccccc2F)cc1. The van der Waals surface area contributed by atoms with Gasteiger partial charge < -0.3 is 25.6 Å². The summed E-state index contributed by atoms with van der Waals surface area (Å²) < 4.78 is 37.8. The maximum Gasteiger partial charge on any atom is 0.335 e. The molecule has 0 aliphatic carbocycles. The molecule has 312 valence electrons. The number of aromatic carboxylic acids is 1. The Morgan fingerprint density at radius 2 is 1.05 bits per heavy atom. The third kappa shape index (κ3) is 15.4. The molecular formula is C50H58F2N2O5. The quantitative estimate of drug-likeness (QED) is 0.146. The van der Waals surface area contributed by atoms with Crippen LogP contribution in [0.4, 0.5) is 8.78 Å². The predicted octanol–water partition coefficient (Wildman–Crippen LogP) is 9.51. The zero-order valence-electron chi connectivity index (χ0n) is 34.8. The predicted molar refractivity (Wildman–Crippen MR) is 230 cm³/mol. The van der Waals surface area contributed by atoms with Crippen LogP contribution < -0.4 is 11.1 Å². The normalized spacial score (nSPS) is 15.1. The van der Waals surface area contributed by atoms with Crippen molar-refractivity contribution in [1.82, 2.24) is 5.32 Å². The second-order valence-electron chi connectivity index (χ2n) is 16.2. The lowest BCUT2D eigenvalue weighted by atomic mass is 9.74. The lowest BCUT2D eigenvalue weighted by Crippen LogP contribution is -2.42. The number of hydrogen-bond acceptors (Lipinski definition) is 5. The number of ether oxygens (including phenoxy) is 2. The molecular weight excluding hydrogens is 747 g/mol. The molecule has 4 aromatic carbocycles. The van der Waals surface area contributed by atoms with Crippen LogP contribution in [0.1, 0.15) is 109 Å². The molecule has 2 aliphatic heterocycles. The van der Waals surface area contributed by atoms with Crippen LogP contribution in [0, 0.1) is 58.0 Å². The van der Waals surface area contributed by atoms with Gasteiger partial charge in [0.1, 0.15) is 11.6 Å². The number of carboxylic acid groups (broad SMARTS) is 1. The number of carboxylic acids is 1. The van der Waals surface area contributed by atoms with E-state index in [2.05, 4.69) is 56.7 Å². The van der Waals surface area contributed by atoms with Gasteiger partial charge in [-0.2, -0.15) is 0 Å². The third-order valence-electron chi connectivity index (χ3n) is 10.6. The maximum absolute atomic E-state index is 13.6. The number of carbonyl (C=O) groups is 2. The van der Waals surface area contributed by atoms with Crippen molar-refractivity contribution in [2.75, 3.05) is 39.5 Å². The number of rotatable bonds is 9. The minimum atomic E-state index is -0.983. The summed E-state index contributed by atoms with van der Waals surface area (Å²) >= 11 is 0. The van der Waals surface area contributed by atoms with E-state index in [1.165, 1.54) is 30.7 Å². The molecule has 0 saturated carbocycles. The van der Waals surface area contributed by atoms with Crippen molar-refractivity contribution in [2.24, 2.45) is 28.4 Å². The van der Waals surface area contributed by atoms with Crippen LogP contribution in [0.15, 0.2) is 97.1 Å². The third-order valence-corrected chi connectivity index (χ3v) is 10.6. The highest BCUT2D eigenvalue weighted by Crippen LogP contribution is 2.37. The summed E-state index contributed by atoms with van der Waals surface area (Å²) in [5.41, 5.74) is 9.21. The first-order valence-electron chi connectivity index (χ1n) is 20.4. The molecule has 0 aromatic heterocycles. The second-order valence-corrected chi connectivity index (χ2v) is 16.2. The van der Waals surface area contributed by atoms with Crippen LogP contribution in [0.3, 0.4) is 0 Å². The van der Waals surface area contributed by atoms with E-state index in [-0.39, 0.29) is 28.5 Å². The molecule has 2 heterocycles. The summed E-state index contributed by atoms with van der Waals surface area (Å²) in [6, 6.07) is 25.9. The average Bonchev–Trinajstić information content (AvgIpc) is 3.23. The lowest BCUT2D eigenvalue weighted by Gasteiger charge is -2.38. The highest BCUT2D eigenvalue weighted by atomic mass is 19.1. The van der Waals surface area contributed by atoms with Crippen molar-refractivity contribution in [3.05, 3.63) is 142 Å². The van der Waals surface area contributed by atoms with Gasteiger partial charge in [-0.25, -0.2) is 13.6 Å². The summed E-state index contributed by atoms with van der Waals surface area (Å²) in [5.74, 6) is 10.8. The van der Waals surface area contributed by atoms with Crippen molar-refractivity contribution >= 4 is 11.9 Å². The monoisotopic (exact) mass is 804 g/mol. The Labute approximate surface area is 349 Å². The molecule has 6 rings (SSSR count). The number of nitrogens with two attached hydrogens (primary N) is 1. The van der Waals surface area contributed by atoms with Crippen LogP contribution in [0.5, 0.6) is 0 Å². The fraction of sp³-hybridized carbons (Fsp3) is 0.400. The number of halogens is 2. The van der Waals surface area contributed by atoms with E-state index in [9.17, 15) is 18.4 Å². The van der Waals surface area contributed by atoms with E-state index in [1.807, 2.05) is 0 Å². The number of hydrogen-bond donors (Lipinski definition) is 3. The maximum atomic E-state index is 13.6. The minimum Gasteiger partial charge on any atom is -0.478 e. The van der Waals surface area contributed by atoms with Gasteiger partial charge in [0.2, 0.25) is 0 Å². The fourth-order valence-corrected chi connectivity index (χ4v) is 7.46. The summed E-state index contributed by atoms with van der Waals surface area (Å²) in [5, 5.41) is 11.9. The van der Waals surface area contributed by atoms with Crippen LogP contribution >= 0.6 is 0 Å². The first-order valence-corrected chi connectivity index (χ1v) is 20.4. The Kier molecular flexibility index (Phi) is 18.3. The molecule has 9 heteroatoms. The van der Waals surface area contributed by atoms with Gasteiger partial charge in [0.15, 0.2) is 0 Å². The second kappa shape index (κ2) is 23.3. The Bertz CT molecular complexity index is 2060. The molecule has 0 bridgehead atoms. The first-order chi connectivity index (χ1) is 28.3. The van der Waals surface area contributed by atoms with Crippen molar-refractivity contribution in [1.29, 1.82) is 0 Å². The molecule has 0 atom stereocenters. The van der Waals surface area contributed by atoms with E-state index in [0.29, 0.717) is 40.1 Å². The molecule has 7 nitrogen and oxygen atoms in total. The Balaban J connectivity index is 0.000000217. The van der Waals surface area contributed by atoms with Crippen molar-refractivity contribution in [3.8, 4) is 23.7 Å². The van der Waals surface area contributed by atoms with E-state index in [4.69, 9.17) is 20.3 Å². The van der Waals surface area contributed by atoms with E-state index >= 15 is 0 Å². The molecule has 0 spiro atoms. The van der Waals surface area contributed by atoms with Crippen LogP contribution in [-0.4, -0.2) is 56.5 Å². The van der Waals surface area contributed by atoms with Crippen LogP contribution in [-0.2, 0) is 9.47 Å². The summed E-state index contributed by atoms with van der Waals surface area (Å²) in [4.78, 5) is 23.3. The molecule has 59 heavy (non-hydrogen) atoms. The van der Waals surface area contributed by atoms with Gasteiger partial charge in [-0.15, -0.1) is 0 Å². The summed E-state index contributed by atoms with van der Waals surface area (Å²) in [6.07, 6.45) is 6.61. The largest absolute Gasteiger partial charge is 0.478 e. The van der Waals surface area contributed by atoms with Crippen molar-refractivity contribution in [3.63, 3.8) is 0 Å². The molecule has 0 unspecified atom stereocenters. The number of benzene rings is 4. The van der Waals surface area contributed by atoms with Crippen LogP contribution in [0.25, 0.3) is 0 Å². The number of carbonyl (C=O) groups excluding carboxylic acids is 1. The van der Waals surface area contributed by atoms with Gasteiger partial charge >= 0.3 is 5.97 Å². The molecule has 2 aliphatic rings. The highest BCUT2D eigenvalue weighted by molar-refractivity contribution is 5.94. The van der Waals surface area contributed by atoms with Gasteiger partial charge in [-0.05, 0) is 141 Å².